The molecule has 1 aromatic heterocycles. The van der Waals surface area contributed by atoms with E-state index in [1.807, 2.05) is 6.07 Å². The summed E-state index contributed by atoms with van der Waals surface area (Å²) < 4.78 is 70.6. The quantitative estimate of drug-likeness (QED) is 0.105. The summed E-state index contributed by atoms with van der Waals surface area (Å²) in [6, 6.07) is 9.02. The lowest BCUT2D eigenvalue weighted by Gasteiger charge is -2.07. The maximum Gasteiger partial charge on any atom is 0.305 e. The summed E-state index contributed by atoms with van der Waals surface area (Å²) >= 11 is 6.21. The fourth-order valence-electron chi connectivity index (χ4n) is 4.59. The zero-order valence-electron chi connectivity index (χ0n) is 22.9. The third-order valence-electron chi connectivity index (χ3n) is 6.69. The second-order valence-electron chi connectivity index (χ2n) is 9.23. The molecular formula is C30H4ClF5N12. The van der Waals surface area contributed by atoms with Crippen LogP contribution in [0.1, 0.15) is 11.1 Å². The van der Waals surface area contributed by atoms with Gasteiger partial charge in [0, 0.05) is 11.1 Å². The molecule has 0 saturated heterocycles. The van der Waals surface area contributed by atoms with Gasteiger partial charge in [0.2, 0.25) is 16.7 Å². The second kappa shape index (κ2) is 11.6. The number of fused-ring (bicyclic) bond motifs is 2. The summed E-state index contributed by atoms with van der Waals surface area (Å²) in [5, 5.41) is 18.8. The first kappa shape index (κ1) is 30.8. The third-order valence-corrected chi connectivity index (χ3v) is 6.86. The van der Waals surface area contributed by atoms with E-state index < -0.39 is 46.2 Å². The number of allylic oxidation sites excluding steroid dienone is 1. The Kier molecular flexibility index (Phi) is 7.42. The normalized spacial score (nSPS) is 14.3. The predicted octanol–water partition coefficient (Wildman–Crippen LogP) is 4.34. The molecule has 0 amide bonds. The Bertz CT molecular complexity index is 2710. The highest BCUT2D eigenvalue weighted by atomic mass is 35.5. The van der Waals surface area contributed by atoms with Crippen LogP contribution in [0, 0.1) is 71.5 Å². The molecule has 18 heteroatoms. The highest BCUT2D eigenvalue weighted by Crippen LogP contribution is 2.33. The smallest absolute Gasteiger partial charge is 0.250 e. The van der Waals surface area contributed by atoms with Crippen molar-refractivity contribution in [2.24, 2.45) is 20.0 Å². The molecule has 0 N–H and O–H groups in total. The topological polar surface area (TPSA) is 149 Å². The zero-order valence-corrected chi connectivity index (χ0v) is 23.7. The van der Waals surface area contributed by atoms with Crippen molar-refractivity contribution in [1.82, 2.24) is 15.0 Å². The minimum Gasteiger partial charge on any atom is -0.250 e. The average molecular weight is 663 g/mol. The van der Waals surface area contributed by atoms with Gasteiger partial charge in [-0.3, -0.25) is 0 Å². The molecule has 48 heavy (non-hydrogen) atoms. The Morgan fingerprint density at radius 2 is 1.25 bits per heavy atom. The van der Waals surface area contributed by atoms with Gasteiger partial charge in [-0.2, -0.15) is 15.2 Å². The van der Waals surface area contributed by atoms with Crippen LogP contribution in [0.2, 0.25) is 5.28 Å². The Balaban J connectivity index is 1.54. The zero-order chi connectivity index (χ0) is 34.4. The van der Waals surface area contributed by atoms with Crippen LogP contribution in [0.3, 0.4) is 0 Å². The number of rotatable bonds is 3. The molecule has 3 aromatic carbocycles. The Labute approximate surface area is 267 Å². The van der Waals surface area contributed by atoms with Crippen LogP contribution in [0.5, 0.6) is 0 Å². The van der Waals surface area contributed by atoms with E-state index >= 15 is 0 Å². The molecule has 226 valence electrons. The molecular weight excluding hydrogens is 659 g/mol. The van der Waals surface area contributed by atoms with E-state index in [1.54, 1.807) is 6.07 Å². The van der Waals surface area contributed by atoms with E-state index in [9.17, 15) is 32.5 Å². The molecule has 0 atom stereocenters. The summed E-state index contributed by atoms with van der Waals surface area (Å²) in [5.74, 6) is -12.8. The van der Waals surface area contributed by atoms with Gasteiger partial charge in [0.15, 0.2) is 52.4 Å². The summed E-state index contributed by atoms with van der Waals surface area (Å²) in [7, 11) is 0. The highest BCUT2D eigenvalue weighted by Gasteiger charge is 2.30. The number of halogens is 6. The van der Waals surface area contributed by atoms with Crippen molar-refractivity contribution in [2.75, 3.05) is 0 Å². The van der Waals surface area contributed by atoms with Crippen molar-refractivity contribution in [3.05, 3.63) is 143 Å². The standard InChI is InChI=1S/C30H4ClF5N12/c1-39-15(9-38)28-42-14-7-5-11(23(40-2)24(14)45-28)27-46-26(47-30(31)48-27)10-4-6-13-22(12(10)8-37)44-29(43-13)25(41-3)16-17(32)19(34)21(36)20(35)18(16)33/h4-7H/b28-15-,29-25+. The molecule has 0 unspecified atom stereocenters. The Morgan fingerprint density at radius 3 is 1.83 bits per heavy atom. The molecule has 12 nitrogen and oxygen atoms in total. The third kappa shape index (κ3) is 4.67. The lowest BCUT2D eigenvalue weighted by molar-refractivity contribution is 0.376. The van der Waals surface area contributed by atoms with Crippen LogP contribution in [-0.2, 0) is 0 Å². The van der Waals surface area contributed by atoms with Crippen molar-refractivity contribution >= 4 is 23.0 Å². The molecule has 0 saturated carbocycles. The number of nitriles is 2. The van der Waals surface area contributed by atoms with Crippen molar-refractivity contribution in [3.8, 4) is 34.9 Å². The molecule has 4 aromatic rings. The Morgan fingerprint density at radius 1 is 0.688 bits per heavy atom. The van der Waals surface area contributed by atoms with Gasteiger partial charge < -0.3 is 0 Å². The minimum absolute atomic E-state index is 0.0197. The van der Waals surface area contributed by atoms with Crippen molar-refractivity contribution < 1.29 is 22.0 Å². The number of hydrogen-bond acceptors (Lipinski definition) is 9. The largest absolute Gasteiger partial charge is 0.305 e. The van der Waals surface area contributed by atoms with Crippen LogP contribution in [0.4, 0.5) is 27.6 Å². The van der Waals surface area contributed by atoms with E-state index in [4.69, 9.17) is 31.3 Å². The van der Waals surface area contributed by atoms with E-state index in [2.05, 4.69) is 49.5 Å². The summed E-state index contributed by atoms with van der Waals surface area (Å²) in [5.41, 5.74) is -3.33. The van der Waals surface area contributed by atoms with Crippen LogP contribution in [0.25, 0.3) is 43.0 Å². The van der Waals surface area contributed by atoms with E-state index in [0.29, 0.717) is 0 Å². The Hall–Kier alpha value is -7.26. The minimum atomic E-state index is -2.42. The first-order chi connectivity index (χ1) is 23.1. The van der Waals surface area contributed by atoms with Gasteiger partial charge in [-0.05, 0) is 29.8 Å². The van der Waals surface area contributed by atoms with Crippen molar-refractivity contribution in [1.29, 1.82) is 10.5 Å². The van der Waals surface area contributed by atoms with Gasteiger partial charge in [0.1, 0.15) is 11.4 Å². The number of benzene rings is 3. The first-order valence-electron chi connectivity index (χ1n) is 12.6. The molecule has 0 aliphatic carbocycles. The predicted molar refractivity (Wildman–Crippen MR) is 150 cm³/mol. The monoisotopic (exact) mass is 662 g/mol. The molecule has 2 aliphatic heterocycles. The fraction of sp³-hybridized carbons (Fsp3) is 0. The van der Waals surface area contributed by atoms with Gasteiger partial charge in [-0.25, -0.2) is 66.7 Å². The lowest BCUT2D eigenvalue weighted by atomic mass is 10.1. The van der Waals surface area contributed by atoms with Crippen LogP contribution in [0.15, 0.2) is 61.6 Å². The molecule has 3 heterocycles. The van der Waals surface area contributed by atoms with E-state index in [-0.39, 0.29) is 72.3 Å². The molecule has 6 rings (SSSR count). The van der Waals surface area contributed by atoms with Gasteiger partial charge >= 0.3 is 5.70 Å². The highest BCUT2D eigenvalue weighted by molar-refractivity contribution is 6.28. The summed E-state index contributed by atoms with van der Waals surface area (Å²) in [6.45, 7) is 22.3. The summed E-state index contributed by atoms with van der Waals surface area (Å²) in [4.78, 5) is 38.3. The average Bonchev–Trinajstić information content (AvgIpc) is 3.72. The maximum atomic E-state index is 14.6. The van der Waals surface area contributed by atoms with Gasteiger partial charge in [0.05, 0.1) is 53.0 Å². The molecule has 0 radical (unpaired) electrons. The second-order valence-corrected chi connectivity index (χ2v) is 9.57. The van der Waals surface area contributed by atoms with Crippen LogP contribution in [-0.4, -0.2) is 15.0 Å². The van der Waals surface area contributed by atoms with Crippen molar-refractivity contribution in [3.63, 3.8) is 0 Å². The van der Waals surface area contributed by atoms with Crippen LogP contribution < -0.4 is 21.4 Å². The summed E-state index contributed by atoms with van der Waals surface area (Å²) in [6.07, 6.45) is 0. The van der Waals surface area contributed by atoms with Gasteiger partial charge in [-0.1, -0.05) is 6.07 Å². The SMILES string of the molecule is [C-]#[N+]/C(C#N)=C1/N=c2ccc(-c3nc(Cl)nc(-c4ccc5c(c4C#N)=N/C(=C(/[N+]#[C-])c4c(F)c(F)c(F)c(F)c4F)N=5)n3)c([N+]#[C-])c2=N1. The molecule has 0 bridgehead atoms. The molecule has 0 fully saturated rings. The maximum absolute atomic E-state index is 14.6. The number of hydrogen-bond donors (Lipinski definition) is 0. The molecule has 2 aliphatic rings. The lowest BCUT2D eigenvalue weighted by Crippen LogP contribution is -2.25. The van der Waals surface area contributed by atoms with E-state index in [1.165, 1.54) is 24.3 Å². The van der Waals surface area contributed by atoms with E-state index in [0.717, 1.165) is 0 Å². The van der Waals surface area contributed by atoms with Gasteiger partial charge in [0.25, 0.3) is 0 Å². The van der Waals surface area contributed by atoms with Gasteiger partial charge in [-0.15, -0.1) is 0 Å². The molecule has 0 spiro atoms. The fourth-order valence-corrected chi connectivity index (χ4v) is 4.75. The number of aromatic nitrogens is 3. The van der Waals surface area contributed by atoms with Crippen LogP contribution >= 0.6 is 11.6 Å². The first-order valence-corrected chi connectivity index (χ1v) is 13.0. The van der Waals surface area contributed by atoms with Crippen molar-refractivity contribution in [2.45, 2.75) is 0 Å². The number of nitrogens with zero attached hydrogens (tertiary/aromatic N) is 12.